The summed E-state index contributed by atoms with van der Waals surface area (Å²) in [6.45, 7) is 5.69. The van der Waals surface area contributed by atoms with E-state index in [0.717, 1.165) is 66.9 Å². The zero-order chi connectivity index (χ0) is 38.0. The van der Waals surface area contributed by atoms with E-state index in [2.05, 4.69) is 37.4 Å². The third-order valence-electron chi connectivity index (χ3n) is 17.8. The van der Waals surface area contributed by atoms with Crippen molar-refractivity contribution >= 4 is 17.5 Å². The minimum Gasteiger partial charge on any atom is -0.497 e. The van der Waals surface area contributed by atoms with Gasteiger partial charge in [0.1, 0.15) is 5.75 Å². The van der Waals surface area contributed by atoms with Gasteiger partial charge in [0.05, 0.1) is 25.4 Å². The molecule has 1 unspecified atom stereocenters. The molecule has 0 aliphatic heterocycles. The van der Waals surface area contributed by atoms with Gasteiger partial charge in [0.15, 0.2) is 5.78 Å². The lowest BCUT2D eigenvalue weighted by Gasteiger charge is -2.71. The van der Waals surface area contributed by atoms with E-state index in [-0.39, 0.29) is 52.5 Å². The maximum absolute atomic E-state index is 14.9. The van der Waals surface area contributed by atoms with Crippen molar-refractivity contribution in [1.29, 1.82) is 0 Å². The average Bonchev–Trinajstić information content (AvgIpc) is 3.44. The molecule has 12 rings (SSSR count). The number of rotatable bonds is 8. The Bertz CT molecular complexity index is 1900. The first-order valence-corrected chi connectivity index (χ1v) is 21.5. The van der Waals surface area contributed by atoms with Crippen LogP contribution in [-0.2, 0) is 0 Å². The number of fused-ring (bicyclic) bond motifs is 1. The molecule has 2 aromatic rings. The minimum absolute atomic E-state index is 0.0342. The zero-order valence-electron chi connectivity index (χ0n) is 33.1. The Hall–Kier alpha value is -3.42. The fourth-order valence-electron chi connectivity index (χ4n) is 15.6. The van der Waals surface area contributed by atoms with Crippen LogP contribution in [0.15, 0.2) is 78.4 Å². The maximum atomic E-state index is 14.9. The predicted octanol–water partition coefficient (Wildman–Crippen LogP) is 9.22. The van der Waals surface area contributed by atoms with Crippen LogP contribution in [-0.4, -0.2) is 58.8 Å². The molecule has 7 nitrogen and oxygen atoms in total. The van der Waals surface area contributed by atoms with Crippen molar-refractivity contribution in [1.82, 2.24) is 4.90 Å². The number of urea groups is 1. The number of hydrogen-bond donors (Lipinski definition) is 3. The van der Waals surface area contributed by atoms with Crippen LogP contribution >= 0.6 is 0 Å². The van der Waals surface area contributed by atoms with Crippen LogP contribution in [0.4, 0.5) is 10.5 Å². The molecule has 7 saturated carbocycles. The summed E-state index contributed by atoms with van der Waals surface area (Å²) in [7, 11) is 1.65. The van der Waals surface area contributed by atoms with Gasteiger partial charge in [0.2, 0.25) is 0 Å². The lowest BCUT2D eigenvalue weighted by molar-refractivity contribution is -0.176. The molecular weight excluding hydrogens is 685 g/mol. The molecular formula is C48H60N2O5. The molecule has 0 saturated heterocycles. The Kier molecular flexibility index (Phi) is 8.04. The van der Waals surface area contributed by atoms with Crippen molar-refractivity contribution in [2.45, 2.75) is 109 Å². The molecule has 292 valence electrons. The molecule has 10 aliphatic rings. The third-order valence-corrected chi connectivity index (χ3v) is 17.8. The molecule has 10 aliphatic carbocycles. The summed E-state index contributed by atoms with van der Waals surface area (Å²) in [5.41, 5.74) is -0.224. The predicted molar refractivity (Wildman–Crippen MR) is 214 cm³/mol. The molecule has 6 bridgehead atoms. The molecule has 0 radical (unpaired) electrons. The number of nitrogens with zero attached hydrogens (tertiary/aromatic N) is 1. The van der Waals surface area contributed by atoms with Gasteiger partial charge in [-0.25, -0.2) is 4.79 Å². The number of aliphatic hydroxyl groups excluding tert-OH is 1. The minimum atomic E-state index is -1.12. The number of ketones is 1. The molecule has 55 heavy (non-hydrogen) atoms. The first kappa shape index (κ1) is 36.0. The van der Waals surface area contributed by atoms with Crippen molar-refractivity contribution in [3.05, 3.63) is 84.0 Å². The lowest BCUT2D eigenvalue weighted by atomic mass is 9.32. The fourth-order valence-corrected chi connectivity index (χ4v) is 15.6. The number of Topliss-reactive ketones (excluding diaryl/α,β-unsaturated/α-hetero) is 1. The Balaban J connectivity index is 1.02. The summed E-state index contributed by atoms with van der Waals surface area (Å²) in [5, 5.41) is 27.7. The summed E-state index contributed by atoms with van der Waals surface area (Å²) in [6.07, 6.45) is 19.7. The van der Waals surface area contributed by atoms with Crippen molar-refractivity contribution in [2.75, 3.05) is 25.5 Å². The van der Waals surface area contributed by atoms with E-state index in [1.54, 1.807) is 7.11 Å². The van der Waals surface area contributed by atoms with Crippen LogP contribution in [0.3, 0.4) is 0 Å². The Labute approximate surface area is 327 Å². The molecule has 0 aromatic heterocycles. The first-order chi connectivity index (χ1) is 26.3. The monoisotopic (exact) mass is 744 g/mol. The highest BCUT2D eigenvalue weighted by Crippen LogP contribution is 2.78. The van der Waals surface area contributed by atoms with Crippen LogP contribution in [0.5, 0.6) is 5.75 Å². The average molecular weight is 745 g/mol. The van der Waals surface area contributed by atoms with Gasteiger partial charge in [-0.2, -0.15) is 0 Å². The van der Waals surface area contributed by atoms with Crippen LogP contribution in [0.2, 0.25) is 0 Å². The van der Waals surface area contributed by atoms with Crippen molar-refractivity contribution < 1.29 is 24.5 Å². The summed E-state index contributed by atoms with van der Waals surface area (Å²) in [4.78, 5) is 31.6. The second-order valence-electron chi connectivity index (χ2n) is 20.4. The number of hydrogen-bond acceptors (Lipinski definition) is 5. The van der Waals surface area contributed by atoms with Gasteiger partial charge in [-0.05, 0) is 148 Å². The number of ether oxygens (including phenoxy) is 1. The van der Waals surface area contributed by atoms with Crippen LogP contribution in [0.25, 0.3) is 0 Å². The maximum Gasteiger partial charge on any atom is 0.321 e. The van der Waals surface area contributed by atoms with E-state index >= 15 is 0 Å². The lowest BCUT2D eigenvalue weighted by Crippen LogP contribution is -2.67. The highest BCUT2D eigenvalue weighted by atomic mass is 16.5. The Morgan fingerprint density at radius 1 is 0.800 bits per heavy atom. The SMILES string of the molecule is COc1ccc(NC(=O)N(CC23CC4CC(CC(C4)C2)C3)C[C@]2(O)CC[C@H]3[C@]45C=C[C@@]6(C=C4C(=O)c4ccccc4)CC(O)CC[C@]6(C)[C@H]5CC[C@@]32C)cc1. The highest BCUT2D eigenvalue weighted by Gasteiger charge is 2.74. The van der Waals surface area contributed by atoms with E-state index in [1.807, 2.05) is 59.5 Å². The van der Waals surface area contributed by atoms with Gasteiger partial charge in [0.25, 0.3) is 0 Å². The van der Waals surface area contributed by atoms with Crippen molar-refractivity contribution in [3.63, 3.8) is 0 Å². The van der Waals surface area contributed by atoms with Crippen molar-refractivity contribution in [2.24, 2.45) is 56.7 Å². The third kappa shape index (κ3) is 5.13. The molecule has 0 heterocycles. The molecule has 2 aromatic carbocycles. The normalized spacial score (nSPS) is 44.3. The summed E-state index contributed by atoms with van der Waals surface area (Å²) < 4.78 is 5.39. The second-order valence-corrected chi connectivity index (χ2v) is 20.4. The first-order valence-electron chi connectivity index (χ1n) is 21.5. The number of anilines is 1. The number of nitrogens with one attached hydrogen (secondary N) is 1. The van der Waals surface area contributed by atoms with E-state index in [1.165, 1.54) is 38.5 Å². The summed E-state index contributed by atoms with van der Waals surface area (Å²) >= 11 is 0. The second kappa shape index (κ2) is 12.3. The van der Waals surface area contributed by atoms with Gasteiger partial charge in [0, 0.05) is 39.6 Å². The van der Waals surface area contributed by atoms with E-state index in [0.29, 0.717) is 24.9 Å². The van der Waals surface area contributed by atoms with Crippen LogP contribution in [0, 0.1) is 56.7 Å². The van der Waals surface area contributed by atoms with Crippen molar-refractivity contribution in [3.8, 4) is 5.75 Å². The van der Waals surface area contributed by atoms with E-state index in [9.17, 15) is 19.8 Å². The summed E-state index contributed by atoms with van der Waals surface area (Å²) in [6, 6.07) is 17.1. The van der Waals surface area contributed by atoms with E-state index in [4.69, 9.17) is 4.74 Å². The number of methoxy groups -OCH3 is 1. The number of aliphatic hydroxyl groups is 2. The van der Waals surface area contributed by atoms with Gasteiger partial charge < -0.3 is 25.2 Å². The highest BCUT2D eigenvalue weighted by molar-refractivity contribution is 6.10. The number of benzene rings is 2. The molecule has 7 heteroatoms. The molecule has 3 N–H and O–H groups in total. The number of allylic oxidation sites excluding steroid dienone is 4. The number of amides is 2. The zero-order valence-corrected chi connectivity index (χ0v) is 33.1. The summed E-state index contributed by atoms with van der Waals surface area (Å²) in [5.74, 6) is 3.36. The fraction of sp³-hybridized carbons (Fsp3) is 0.625. The van der Waals surface area contributed by atoms with Gasteiger partial charge >= 0.3 is 6.03 Å². The van der Waals surface area contributed by atoms with Gasteiger partial charge in [-0.15, -0.1) is 0 Å². The molecule has 7 fully saturated rings. The quantitative estimate of drug-likeness (QED) is 0.185. The molecule has 2 spiro atoms. The topological polar surface area (TPSA) is 99.1 Å². The van der Waals surface area contributed by atoms with Crippen LogP contribution < -0.4 is 10.1 Å². The largest absolute Gasteiger partial charge is 0.497 e. The van der Waals surface area contributed by atoms with E-state index < -0.39 is 16.4 Å². The molecule has 8 atom stereocenters. The number of carbonyl (C=O) groups is 2. The Morgan fingerprint density at radius 3 is 2.11 bits per heavy atom. The molecule has 2 amide bonds. The number of carbonyl (C=O) groups excluding carboxylic acids is 2. The van der Waals surface area contributed by atoms with Gasteiger partial charge in [-0.1, -0.05) is 62.4 Å². The van der Waals surface area contributed by atoms with Gasteiger partial charge in [-0.3, -0.25) is 4.79 Å². The van der Waals surface area contributed by atoms with Crippen LogP contribution in [0.1, 0.15) is 108 Å². The standard InChI is InChI=1S/C48H60N2O5/c1-43-16-13-36(51)27-46(43)19-20-48(38(28-46)41(52)34-7-5-4-6-8-34)39(43)14-17-44(2)40(48)15-18-47(44,54)30-50(42(53)49-35-9-11-37(55-3)12-10-35)29-45-24-31-21-32(25-45)23-33(22-31)26-45/h4-12,19-20,28,31-33,36,39-40,51,54H,13-18,21-27,29-30H2,1-3H3,(H,49,53)/t31?,32?,33?,36?,39-,40-,43-,44+,45?,46+,47-,48-/m1/s1. The Morgan fingerprint density at radius 2 is 1.44 bits per heavy atom. The smallest absolute Gasteiger partial charge is 0.321 e.